The Kier molecular flexibility index (Phi) is 11.5. The summed E-state index contributed by atoms with van der Waals surface area (Å²) in [6, 6.07) is 14.2. The summed E-state index contributed by atoms with van der Waals surface area (Å²) in [5.74, 6) is 0. The second-order valence-corrected chi connectivity index (χ2v) is 4.68. The number of nitrogens with two attached hydrogens (primary N) is 4. The molecule has 0 fully saturated rings. The van der Waals surface area contributed by atoms with Crippen LogP contribution in [0.4, 0.5) is 22.7 Å². The van der Waals surface area contributed by atoms with Crippen LogP contribution in [-0.2, 0) is 10.4 Å². The van der Waals surface area contributed by atoms with Crippen LogP contribution < -0.4 is 22.9 Å². The van der Waals surface area contributed by atoms with Crippen LogP contribution in [0.5, 0.6) is 0 Å². The molecule has 2 aromatic carbocycles. The molecule has 0 aliphatic rings. The summed E-state index contributed by atoms with van der Waals surface area (Å²) in [4.78, 5) is 0. The normalized spacial score (nSPS) is 9.18. The van der Waals surface area contributed by atoms with Crippen molar-refractivity contribution in [2.75, 3.05) is 22.9 Å². The van der Waals surface area contributed by atoms with E-state index in [4.69, 9.17) is 40.5 Å². The van der Waals surface area contributed by atoms with Gasteiger partial charge in [0.15, 0.2) is 0 Å². The van der Waals surface area contributed by atoms with E-state index in [1.807, 2.05) is 0 Å². The molecule has 2 rings (SSSR count). The molecule has 0 aromatic heterocycles. The van der Waals surface area contributed by atoms with Crippen LogP contribution in [-0.4, -0.2) is 47.1 Å². The number of nitrogen functional groups attached to an aromatic ring is 4. The molecule has 0 spiro atoms. The van der Waals surface area contributed by atoms with Gasteiger partial charge in [-0.15, -0.1) is 0 Å². The fourth-order valence-corrected chi connectivity index (χ4v) is 0.992. The average molecular weight is 338 g/mol. The van der Waals surface area contributed by atoms with Gasteiger partial charge < -0.3 is 22.9 Å². The Morgan fingerprint density at radius 3 is 0.773 bits per heavy atom. The van der Waals surface area contributed by atoms with Gasteiger partial charge in [-0.2, -0.15) is 8.42 Å². The number of anilines is 4. The van der Waals surface area contributed by atoms with Crippen molar-refractivity contribution >= 4 is 62.7 Å². The molecule has 10 heteroatoms. The van der Waals surface area contributed by atoms with Crippen molar-refractivity contribution in [2.45, 2.75) is 0 Å². The van der Waals surface area contributed by atoms with Gasteiger partial charge in [0.25, 0.3) is 0 Å². The Hall–Kier alpha value is -1.49. The number of hydrogen-bond acceptors (Lipinski definition) is 6. The molecule has 0 amide bonds. The second-order valence-electron chi connectivity index (χ2n) is 3.78. The van der Waals surface area contributed by atoms with Crippen molar-refractivity contribution < 1.29 is 17.5 Å². The molecule has 10 N–H and O–H groups in total. The summed E-state index contributed by atoms with van der Waals surface area (Å²) in [7, 11) is -4.67. The zero-order chi connectivity index (χ0) is 16.5. The number of rotatable bonds is 0. The zero-order valence-corrected chi connectivity index (χ0v) is 11.9. The molecule has 0 aliphatic heterocycles. The predicted molar refractivity (Wildman–Crippen MR) is 91.9 cm³/mol. The molecule has 2 aromatic rings. The first kappa shape index (κ1) is 22.8. The van der Waals surface area contributed by atoms with Crippen molar-refractivity contribution in [3.63, 3.8) is 0 Å². The SMILES string of the molecule is Nc1ccc(N)cc1.Nc1ccc(N)cc1.O=S(=O)(O)O.[NaH]. The van der Waals surface area contributed by atoms with E-state index in [-0.39, 0.29) is 29.6 Å². The molecule has 0 unspecified atom stereocenters. The monoisotopic (exact) mass is 338 g/mol. The molecule has 0 aliphatic carbocycles. The van der Waals surface area contributed by atoms with Gasteiger partial charge in [-0.05, 0) is 48.5 Å². The molecule has 8 nitrogen and oxygen atoms in total. The van der Waals surface area contributed by atoms with E-state index in [9.17, 15) is 0 Å². The van der Waals surface area contributed by atoms with Gasteiger partial charge in [0.05, 0.1) is 0 Å². The predicted octanol–water partition coefficient (Wildman–Crippen LogP) is 0.401. The standard InChI is InChI=1S/2C6H8N2.Na.H2O4S.H/c2*7-5-1-2-6(8)4-3-5;;1-5(2,3)4;/h2*1-4H,7-8H2;;(H2,1,2,3,4);. The first-order valence-corrected chi connectivity index (χ1v) is 6.89. The van der Waals surface area contributed by atoms with Crippen LogP contribution in [0.2, 0.25) is 0 Å². The van der Waals surface area contributed by atoms with Gasteiger partial charge in [-0.25, -0.2) is 0 Å². The van der Waals surface area contributed by atoms with Crippen LogP contribution in [0, 0.1) is 0 Å². The second kappa shape index (κ2) is 11.1. The maximum absolute atomic E-state index is 8.74. The molecule has 0 atom stereocenters. The van der Waals surface area contributed by atoms with Crippen molar-refractivity contribution in [1.82, 2.24) is 0 Å². The summed E-state index contributed by atoms with van der Waals surface area (Å²) < 4.78 is 31.6. The Labute approximate surface area is 151 Å². The topological polar surface area (TPSA) is 179 Å². The third-order valence-electron chi connectivity index (χ3n) is 1.87. The average Bonchev–Trinajstić information content (AvgIpc) is 2.35. The molecular weight excluding hydrogens is 319 g/mol. The third-order valence-corrected chi connectivity index (χ3v) is 1.87. The molecule has 0 heterocycles. The van der Waals surface area contributed by atoms with Crippen LogP contribution in [0.1, 0.15) is 0 Å². The van der Waals surface area contributed by atoms with Crippen molar-refractivity contribution in [3.8, 4) is 0 Å². The van der Waals surface area contributed by atoms with E-state index in [1.165, 1.54) is 0 Å². The van der Waals surface area contributed by atoms with E-state index in [0.717, 1.165) is 22.7 Å². The Morgan fingerprint density at radius 1 is 0.591 bits per heavy atom. The maximum atomic E-state index is 8.74. The van der Waals surface area contributed by atoms with Crippen LogP contribution >= 0.6 is 0 Å². The van der Waals surface area contributed by atoms with Gasteiger partial charge >= 0.3 is 40.0 Å². The quantitative estimate of drug-likeness (QED) is 0.227. The van der Waals surface area contributed by atoms with Gasteiger partial charge in [0.2, 0.25) is 0 Å². The zero-order valence-electron chi connectivity index (χ0n) is 11.0. The summed E-state index contributed by atoms with van der Waals surface area (Å²) >= 11 is 0. The molecule has 0 radical (unpaired) electrons. The molecule has 118 valence electrons. The summed E-state index contributed by atoms with van der Waals surface area (Å²) in [6.07, 6.45) is 0. The molecular formula is C12H19N4NaO4S. The molecule has 22 heavy (non-hydrogen) atoms. The molecule has 0 saturated carbocycles. The van der Waals surface area contributed by atoms with E-state index in [1.54, 1.807) is 48.5 Å². The van der Waals surface area contributed by atoms with Gasteiger partial charge in [0, 0.05) is 22.7 Å². The minimum absolute atomic E-state index is 0. The van der Waals surface area contributed by atoms with Gasteiger partial charge in [-0.1, -0.05) is 0 Å². The van der Waals surface area contributed by atoms with Crippen molar-refractivity contribution in [1.29, 1.82) is 0 Å². The fraction of sp³-hybridized carbons (Fsp3) is 0. The Morgan fingerprint density at radius 2 is 0.682 bits per heavy atom. The molecule has 0 bridgehead atoms. The van der Waals surface area contributed by atoms with E-state index < -0.39 is 10.4 Å². The van der Waals surface area contributed by atoms with E-state index in [2.05, 4.69) is 0 Å². The van der Waals surface area contributed by atoms with Crippen LogP contribution in [0.25, 0.3) is 0 Å². The van der Waals surface area contributed by atoms with E-state index in [0.29, 0.717) is 0 Å². The van der Waals surface area contributed by atoms with Gasteiger partial charge in [0.1, 0.15) is 0 Å². The molecule has 0 saturated heterocycles. The van der Waals surface area contributed by atoms with Crippen LogP contribution in [0.3, 0.4) is 0 Å². The number of hydrogen-bond donors (Lipinski definition) is 6. The fourth-order valence-electron chi connectivity index (χ4n) is 0.992. The Balaban J connectivity index is 0. The summed E-state index contributed by atoms with van der Waals surface area (Å²) in [5.41, 5.74) is 24.5. The third kappa shape index (κ3) is 16.6. The van der Waals surface area contributed by atoms with Gasteiger partial charge in [-0.3, -0.25) is 9.11 Å². The number of benzene rings is 2. The summed E-state index contributed by atoms with van der Waals surface area (Å²) in [5, 5.41) is 0. The van der Waals surface area contributed by atoms with E-state index >= 15 is 0 Å². The van der Waals surface area contributed by atoms with Crippen molar-refractivity contribution in [2.24, 2.45) is 0 Å². The minimum atomic E-state index is -4.67. The Bertz CT molecular complexity index is 540. The summed E-state index contributed by atoms with van der Waals surface area (Å²) in [6.45, 7) is 0. The first-order chi connectivity index (χ1) is 9.58. The van der Waals surface area contributed by atoms with Crippen molar-refractivity contribution in [3.05, 3.63) is 48.5 Å². The van der Waals surface area contributed by atoms with Crippen LogP contribution in [0.15, 0.2) is 48.5 Å². The first-order valence-electron chi connectivity index (χ1n) is 5.50.